The number of hydrogen-bond acceptors (Lipinski definition) is 2. The molecule has 0 bridgehead atoms. The van der Waals surface area contributed by atoms with E-state index < -0.39 is 0 Å². The van der Waals surface area contributed by atoms with E-state index >= 15 is 0 Å². The van der Waals surface area contributed by atoms with Gasteiger partial charge in [-0.15, -0.1) is 0 Å². The molecule has 0 spiro atoms. The Balaban J connectivity index is 2.01. The van der Waals surface area contributed by atoms with Gasteiger partial charge in [0.15, 0.2) is 0 Å². The fourth-order valence-corrected chi connectivity index (χ4v) is 3.13. The van der Waals surface area contributed by atoms with E-state index in [4.69, 9.17) is 0 Å². The Kier molecular flexibility index (Phi) is 5.15. The first-order chi connectivity index (χ1) is 9.08. The van der Waals surface area contributed by atoms with Crippen molar-refractivity contribution in [3.8, 4) is 0 Å². The van der Waals surface area contributed by atoms with Crippen LogP contribution in [0.1, 0.15) is 23.2 Å². The Hall–Kier alpha value is -0.690. The number of piperidine rings is 1. The van der Waals surface area contributed by atoms with Crippen molar-refractivity contribution < 1.29 is 9.18 Å². The predicted molar refractivity (Wildman–Crippen MR) is 81.7 cm³/mol. The van der Waals surface area contributed by atoms with Gasteiger partial charge >= 0.3 is 0 Å². The monoisotopic (exact) mass is 376 g/mol. The maximum atomic E-state index is 13.0. The van der Waals surface area contributed by atoms with E-state index in [0.29, 0.717) is 15.1 Å². The summed E-state index contributed by atoms with van der Waals surface area (Å²) in [5, 5.41) is 3.35. The van der Waals surface area contributed by atoms with Crippen LogP contribution >= 0.6 is 22.6 Å². The summed E-state index contributed by atoms with van der Waals surface area (Å²) < 4.78 is 13.7. The molecule has 1 aliphatic rings. The highest BCUT2D eigenvalue weighted by atomic mass is 127. The molecule has 0 aliphatic carbocycles. The zero-order valence-corrected chi connectivity index (χ0v) is 13.1. The number of benzene rings is 1. The quantitative estimate of drug-likeness (QED) is 0.823. The number of amides is 1. The Bertz CT molecular complexity index is 461. The van der Waals surface area contributed by atoms with Gasteiger partial charge in [0.25, 0.3) is 5.91 Å². The minimum atomic E-state index is -0.305. The molecule has 5 heteroatoms. The van der Waals surface area contributed by atoms with E-state index in [0.717, 1.165) is 26.1 Å². The van der Waals surface area contributed by atoms with Crippen molar-refractivity contribution in [2.45, 2.75) is 12.8 Å². The molecular weight excluding hydrogens is 358 g/mol. The molecule has 1 amide bonds. The van der Waals surface area contributed by atoms with Gasteiger partial charge < -0.3 is 10.2 Å². The first-order valence-electron chi connectivity index (χ1n) is 6.49. The Morgan fingerprint density at radius 3 is 3.00 bits per heavy atom. The smallest absolute Gasteiger partial charge is 0.254 e. The summed E-state index contributed by atoms with van der Waals surface area (Å²) >= 11 is 2.01. The summed E-state index contributed by atoms with van der Waals surface area (Å²) in [6, 6.07) is 4.30. The summed E-state index contributed by atoms with van der Waals surface area (Å²) in [6.45, 7) is 2.79. The lowest BCUT2D eigenvalue weighted by molar-refractivity contribution is 0.0763. The van der Waals surface area contributed by atoms with Crippen molar-refractivity contribution in [3.63, 3.8) is 0 Å². The number of hydrogen-bond donors (Lipinski definition) is 1. The highest BCUT2D eigenvalue weighted by molar-refractivity contribution is 14.1. The summed E-state index contributed by atoms with van der Waals surface area (Å²) in [6.07, 6.45) is 2.33. The van der Waals surface area contributed by atoms with Crippen molar-refractivity contribution in [1.29, 1.82) is 0 Å². The summed E-state index contributed by atoms with van der Waals surface area (Å²) in [4.78, 5) is 14.1. The van der Waals surface area contributed by atoms with Gasteiger partial charge in [-0.2, -0.15) is 0 Å². The van der Waals surface area contributed by atoms with Crippen LogP contribution in [0, 0.1) is 15.3 Å². The lowest BCUT2D eigenvalue weighted by Crippen LogP contribution is -2.39. The molecule has 0 aromatic heterocycles. The van der Waals surface area contributed by atoms with E-state index in [1.54, 1.807) is 11.0 Å². The van der Waals surface area contributed by atoms with Crippen LogP contribution < -0.4 is 5.32 Å². The molecule has 0 radical (unpaired) electrons. The lowest BCUT2D eigenvalue weighted by atomic mass is 9.99. The molecule has 1 aromatic carbocycles. The zero-order valence-electron chi connectivity index (χ0n) is 11.0. The van der Waals surface area contributed by atoms with Crippen LogP contribution in [-0.2, 0) is 0 Å². The van der Waals surface area contributed by atoms with Crippen LogP contribution in [0.4, 0.5) is 4.39 Å². The van der Waals surface area contributed by atoms with Crippen molar-refractivity contribution in [1.82, 2.24) is 10.2 Å². The first-order valence-corrected chi connectivity index (χ1v) is 7.57. The summed E-state index contributed by atoms with van der Waals surface area (Å²) in [5.74, 6) is 0.177. The normalized spacial score (nSPS) is 19.2. The second kappa shape index (κ2) is 6.65. The predicted octanol–water partition coefficient (Wildman–Crippen LogP) is 2.50. The van der Waals surface area contributed by atoms with Gasteiger partial charge in [-0.25, -0.2) is 4.39 Å². The van der Waals surface area contributed by atoms with Crippen molar-refractivity contribution in [2.75, 3.05) is 26.7 Å². The maximum Gasteiger partial charge on any atom is 0.254 e. The molecule has 3 nitrogen and oxygen atoms in total. The lowest BCUT2D eigenvalue weighted by Gasteiger charge is -2.28. The number of carbonyl (C=O) groups excluding carboxylic acids is 1. The molecule has 2 rings (SSSR count). The zero-order chi connectivity index (χ0) is 13.8. The second-order valence-electron chi connectivity index (χ2n) is 5.02. The third-order valence-electron chi connectivity index (χ3n) is 3.44. The number of nitrogens with zero attached hydrogens (tertiary/aromatic N) is 1. The molecule has 1 unspecified atom stereocenters. The van der Waals surface area contributed by atoms with Crippen molar-refractivity contribution in [3.05, 3.63) is 33.1 Å². The van der Waals surface area contributed by atoms with Gasteiger partial charge in [-0.1, -0.05) is 0 Å². The van der Waals surface area contributed by atoms with Gasteiger partial charge in [0, 0.05) is 17.2 Å². The average molecular weight is 376 g/mol. The fraction of sp³-hybridized carbons (Fsp3) is 0.500. The summed E-state index contributed by atoms with van der Waals surface area (Å²) in [7, 11) is 1.82. The van der Waals surface area contributed by atoms with E-state index in [-0.39, 0.29) is 11.7 Å². The van der Waals surface area contributed by atoms with Crippen molar-refractivity contribution in [2.24, 2.45) is 5.92 Å². The van der Waals surface area contributed by atoms with Crippen LogP contribution in [0.15, 0.2) is 18.2 Å². The molecule has 19 heavy (non-hydrogen) atoms. The minimum Gasteiger partial charge on any atom is -0.341 e. The Labute approximate surface area is 126 Å². The van der Waals surface area contributed by atoms with E-state index in [1.807, 2.05) is 29.6 Å². The number of carbonyl (C=O) groups is 1. The molecule has 1 aliphatic heterocycles. The third kappa shape index (κ3) is 3.89. The Morgan fingerprint density at radius 1 is 1.58 bits per heavy atom. The van der Waals surface area contributed by atoms with Gasteiger partial charge in [-0.05, 0) is 72.6 Å². The third-order valence-corrected chi connectivity index (χ3v) is 4.33. The fourth-order valence-electron chi connectivity index (χ4n) is 2.42. The molecule has 1 fully saturated rings. The van der Waals surface area contributed by atoms with Crippen LogP contribution in [0.25, 0.3) is 0 Å². The highest BCUT2D eigenvalue weighted by Gasteiger charge is 2.20. The van der Waals surface area contributed by atoms with E-state index in [1.165, 1.54) is 18.6 Å². The second-order valence-corrected chi connectivity index (χ2v) is 6.18. The van der Waals surface area contributed by atoms with Crippen LogP contribution in [-0.4, -0.2) is 37.5 Å². The van der Waals surface area contributed by atoms with Gasteiger partial charge in [0.05, 0.1) is 5.56 Å². The van der Waals surface area contributed by atoms with Gasteiger partial charge in [0.1, 0.15) is 5.82 Å². The molecule has 1 atom stereocenters. The van der Waals surface area contributed by atoms with Crippen LogP contribution in [0.2, 0.25) is 0 Å². The summed E-state index contributed by atoms with van der Waals surface area (Å²) in [5.41, 5.74) is 0.577. The maximum absolute atomic E-state index is 13.0. The number of rotatable bonds is 3. The number of nitrogens with one attached hydrogen (secondary N) is 1. The van der Waals surface area contributed by atoms with Crippen LogP contribution in [0.3, 0.4) is 0 Å². The Morgan fingerprint density at radius 2 is 2.37 bits per heavy atom. The molecule has 0 saturated carbocycles. The van der Waals surface area contributed by atoms with Gasteiger partial charge in [0.2, 0.25) is 0 Å². The molecule has 1 aromatic rings. The van der Waals surface area contributed by atoms with Crippen LogP contribution in [0.5, 0.6) is 0 Å². The highest BCUT2D eigenvalue weighted by Crippen LogP contribution is 2.17. The molecule has 1 heterocycles. The molecule has 1 N–H and O–H groups in total. The first kappa shape index (κ1) is 14.7. The molecule has 104 valence electrons. The molecular formula is C14H18FIN2O. The number of halogens is 2. The topological polar surface area (TPSA) is 32.3 Å². The molecule has 1 saturated heterocycles. The van der Waals surface area contributed by atoms with E-state index in [2.05, 4.69) is 5.32 Å². The van der Waals surface area contributed by atoms with E-state index in [9.17, 15) is 9.18 Å². The average Bonchev–Trinajstić information content (AvgIpc) is 2.39. The van der Waals surface area contributed by atoms with Crippen molar-refractivity contribution >= 4 is 28.5 Å². The standard InChI is InChI=1S/C14H18FIN2O/c1-18(9-10-3-2-6-17-8-10)14(19)12-5-4-11(15)7-13(12)16/h4-5,7,10,17H,2-3,6,8-9H2,1H3. The van der Waals surface area contributed by atoms with Gasteiger partial charge in [-0.3, -0.25) is 4.79 Å². The largest absolute Gasteiger partial charge is 0.341 e. The SMILES string of the molecule is CN(CC1CCCNC1)C(=O)c1ccc(F)cc1I. The minimum absolute atomic E-state index is 0.0324.